The van der Waals surface area contributed by atoms with E-state index in [2.05, 4.69) is 54.0 Å². The van der Waals surface area contributed by atoms with Crippen LogP contribution in [0.25, 0.3) is 0 Å². The first-order valence-electron chi connectivity index (χ1n) is 8.10. The Balaban J connectivity index is 1.52. The molecule has 0 radical (unpaired) electrons. The third-order valence-electron chi connectivity index (χ3n) is 4.25. The highest BCUT2D eigenvalue weighted by molar-refractivity contribution is 7.09. The molecule has 22 heavy (non-hydrogen) atoms. The Morgan fingerprint density at radius 1 is 1.27 bits per heavy atom. The molecule has 1 amide bonds. The fourth-order valence-corrected chi connectivity index (χ4v) is 3.55. The summed E-state index contributed by atoms with van der Waals surface area (Å²) in [6.45, 7) is 2.10. The number of carbonyl (C=O) groups is 1. The second-order valence-electron chi connectivity index (χ2n) is 6.23. The molecule has 1 atom stereocenters. The van der Waals surface area contributed by atoms with Crippen molar-refractivity contribution in [3.8, 4) is 0 Å². The van der Waals surface area contributed by atoms with Gasteiger partial charge in [0.1, 0.15) is 0 Å². The van der Waals surface area contributed by atoms with Crippen molar-refractivity contribution in [3.05, 3.63) is 57.8 Å². The molecule has 0 unspecified atom stereocenters. The highest BCUT2D eigenvalue weighted by atomic mass is 32.1. The van der Waals surface area contributed by atoms with E-state index in [1.54, 1.807) is 11.3 Å². The number of hydrogen-bond donors (Lipinski definition) is 1. The molecule has 2 aromatic rings. The minimum atomic E-state index is 0.189. The molecule has 0 spiro atoms. The van der Waals surface area contributed by atoms with E-state index >= 15 is 0 Å². The van der Waals surface area contributed by atoms with Gasteiger partial charge in [-0.3, -0.25) is 4.79 Å². The van der Waals surface area contributed by atoms with Crippen LogP contribution in [0.4, 0.5) is 0 Å². The van der Waals surface area contributed by atoms with Gasteiger partial charge < -0.3 is 5.32 Å². The zero-order valence-corrected chi connectivity index (χ0v) is 13.9. The van der Waals surface area contributed by atoms with Crippen LogP contribution >= 0.6 is 11.3 Å². The lowest BCUT2D eigenvalue weighted by atomic mass is 10.0. The van der Waals surface area contributed by atoms with Crippen molar-refractivity contribution in [1.29, 1.82) is 0 Å². The third-order valence-corrected chi connectivity index (χ3v) is 5.19. The van der Waals surface area contributed by atoms with Gasteiger partial charge in [0, 0.05) is 11.3 Å². The Bertz CT molecular complexity index is 599. The molecule has 1 aliphatic rings. The molecule has 1 heterocycles. The Morgan fingerprint density at radius 2 is 2.05 bits per heavy atom. The standard InChI is InChI=1S/C19H23NOS/c1-14-7-9-15(10-8-14)19(16-11-12-16)20-18(21)6-2-4-17-5-3-13-22-17/h3,5,7-10,13,16,19H,2,4,6,11-12H2,1H3,(H,20,21)/t19-/m1/s1. The van der Waals surface area contributed by atoms with Crippen LogP contribution in [-0.2, 0) is 11.2 Å². The lowest BCUT2D eigenvalue weighted by Gasteiger charge is -2.19. The summed E-state index contributed by atoms with van der Waals surface area (Å²) in [5.41, 5.74) is 2.51. The van der Waals surface area contributed by atoms with E-state index in [1.165, 1.54) is 28.8 Å². The van der Waals surface area contributed by atoms with Crippen LogP contribution < -0.4 is 5.32 Å². The Labute approximate surface area is 136 Å². The van der Waals surface area contributed by atoms with Gasteiger partial charge in [0.25, 0.3) is 0 Å². The second kappa shape index (κ2) is 7.10. The minimum Gasteiger partial charge on any atom is -0.349 e. The van der Waals surface area contributed by atoms with Gasteiger partial charge in [-0.2, -0.15) is 0 Å². The van der Waals surface area contributed by atoms with Crippen LogP contribution in [0.2, 0.25) is 0 Å². The summed E-state index contributed by atoms with van der Waals surface area (Å²) < 4.78 is 0. The molecule has 1 aromatic carbocycles. The minimum absolute atomic E-state index is 0.189. The smallest absolute Gasteiger partial charge is 0.220 e. The molecule has 0 bridgehead atoms. The molecule has 3 heteroatoms. The molecular weight excluding hydrogens is 290 g/mol. The Morgan fingerprint density at radius 3 is 2.68 bits per heavy atom. The van der Waals surface area contributed by atoms with Gasteiger partial charge in [-0.25, -0.2) is 0 Å². The quantitative estimate of drug-likeness (QED) is 0.792. The van der Waals surface area contributed by atoms with Crippen molar-refractivity contribution in [3.63, 3.8) is 0 Å². The highest BCUT2D eigenvalue weighted by Crippen LogP contribution is 2.41. The van der Waals surface area contributed by atoms with Crippen molar-refractivity contribution in [2.75, 3.05) is 0 Å². The first kappa shape index (κ1) is 15.3. The zero-order valence-electron chi connectivity index (χ0n) is 13.0. The van der Waals surface area contributed by atoms with Crippen molar-refractivity contribution >= 4 is 17.2 Å². The van der Waals surface area contributed by atoms with E-state index in [9.17, 15) is 4.79 Å². The molecule has 1 fully saturated rings. The fourth-order valence-electron chi connectivity index (χ4n) is 2.80. The van der Waals surface area contributed by atoms with E-state index in [4.69, 9.17) is 0 Å². The number of rotatable bonds is 7. The largest absolute Gasteiger partial charge is 0.349 e. The maximum absolute atomic E-state index is 12.2. The number of hydrogen-bond acceptors (Lipinski definition) is 2. The average Bonchev–Trinajstić information content (AvgIpc) is 3.23. The lowest BCUT2D eigenvalue weighted by Crippen LogP contribution is -2.29. The lowest BCUT2D eigenvalue weighted by molar-refractivity contribution is -0.122. The first-order chi connectivity index (χ1) is 10.7. The van der Waals surface area contributed by atoms with Crippen LogP contribution in [-0.4, -0.2) is 5.91 Å². The summed E-state index contributed by atoms with van der Waals surface area (Å²) in [6, 6.07) is 13.0. The van der Waals surface area contributed by atoms with Gasteiger partial charge in [0.2, 0.25) is 5.91 Å². The summed E-state index contributed by atoms with van der Waals surface area (Å²) in [7, 11) is 0. The van der Waals surface area contributed by atoms with Crippen LogP contribution in [0, 0.1) is 12.8 Å². The predicted octanol–water partition coefficient (Wildman–Crippen LogP) is 4.65. The maximum Gasteiger partial charge on any atom is 0.220 e. The van der Waals surface area contributed by atoms with E-state index in [1.807, 2.05) is 0 Å². The van der Waals surface area contributed by atoms with E-state index in [0.717, 1.165) is 12.8 Å². The topological polar surface area (TPSA) is 29.1 Å². The summed E-state index contributed by atoms with van der Waals surface area (Å²) >= 11 is 1.77. The number of aryl methyl sites for hydroxylation is 2. The van der Waals surface area contributed by atoms with Crippen molar-refractivity contribution in [2.24, 2.45) is 5.92 Å². The van der Waals surface area contributed by atoms with Gasteiger partial charge in [-0.1, -0.05) is 35.9 Å². The molecule has 1 aliphatic carbocycles. The summed E-state index contributed by atoms with van der Waals surface area (Å²) in [4.78, 5) is 13.6. The fraction of sp³-hybridized carbons (Fsp3) is 0.421. The van der Waals surface area contributed by atoms with Crippen molar-refractivity contribution in [1.82, 2.24) is 5.32 Å². The van der Waals surface area contributed by atoms with E-state index < -0.39 is 0 Å². The normalized spacial score (nSPS) is 15.5. The summed E-state index contributed by atoms with van der Waals surface area (Å²) in [5.74, 6) is 0.818. The molecule has 3 rings (SSSR count). The summed E-state index contributed by atoms with van der Waals surface area (Å²) in [5, 5.41) is 5.35. The predicted molar refractivity (Wildman–Crippen MR) is 92.0 cm³/mol. The molecule has 1 N–H and O–H groups in total. The number of amides is 1. The number of carbonyl (C=O) groups excluding carboxylic acids is 1. The molecule has 1 saturated carbocycles. The third kappa shape index (κ3) is 4.20. The van der Waals surface area contributed by atoms with Crippen molar-refractivity contribution in [2.45, 2.75) is 45.1 Å². The molecule has 0 saturated heterocycles. The number of benzene rings is 1. The van der Waals surface area contributed by atoms with Gasteiger partial charge >= 0.3 is 0 Å². The zero-order chi connectivity index (χ0) is 15.4. The number of nitrogens with one attached hydrogen (secondary N) is 1. The Hall–Kier alpha value is -1.61. The van der Waals surface area contributed by atoms with Gasteiger partial charge in [-0.05, 0) is 55.5 Å². The van der Waals surface area contributed by atoms with Crippen LogP contribution in [0.15, 0.2) is 41.8 Å². The van der Waals surface area contributed by atoms with E-state index in [-0.39, 0.29) is 11.9 Å². The SMILES string of the molecule is Cc1ccc([C@@H](NC(=O)CCCc2cccs2)C2CC2)cc1. The van der Waals surface area contributed by atoms with Crippen LogP contribution in [0.3, 0.4) is 0 Å². The molecule has 2 nitrogen and oxygen atoms in total. The highest BCUT2D eigenvalue weighted by Gasteiger charge is 2.33. The first-order valence-corrected chi connectivity index (χ1v) is 8.98. The maximum atomic E-state index is 12.2. The van der Waals surface area contributed by atoms with Crippen LogP contribution in [0.5, 0.6) is 0 Å². The Kier molecular flexibility index (Phi) is 4.94. The second-order valence-corrected chi connectivity index (χ2v) is 7.26. The molecule has 0 aliphatic heterocycles. The van der Waals surface area contributed by atoms with Crippen molar-refractivity contribution < 1.29 is 4.79 Å². The monoisotopic (exact) mass is 313 g/mol. The van der Waals surface area contributed by atoms with Gasteiger partial charge in [-0.15, -0.1) is 11.3 Å². The summed E-state index contributed by atoms with van der Waals surface area (Å²) in [6.07, 6.45) is 5.01. The average molecular weight is 313 g/mol. The molecular formula is C19H23NOS. The molecule has 116 valence electrons. The van der Waals surface area contributed by atoms with E-state index in [0.29, 0.717) is 12.3 Å². The van der Waals surface area contributed by atoms with Gasteiger partial charge in [0.15, 0.2) is 0 Å². The molecule has 1 aromatic heterocycles. The van der Waals surface area contributed by atoms with Gasteiger partial charge in [0.05, 0.1) is 6.04 Å². The number of thiophene rings is 1. The van der Waals surface area contributed by atoms with Crippen LogP contribution in [0.1, 0.15) is 47.7 Å².